The van der Waals surface area contributed by atoms with Crippen LogP contribution in [0.1, 0.15) is 31.7 Å². The van der Waals surface area contributed by atoms with Gasteiger partial charge in [0.15, 0.2) is 0 Å². The second-order valence-corrected chi connectivity index (χ2v) is 7.26. The van der Waals surface area contributed by atoms with Crippen LogP contribution >= 0.6 is 0 Å². The lowest BCUT2D eigenvalue weighted by atomic mass is 9.91. The predicted molar refractivity (Wildman–Crippen MR) is 85.5 cm³/mol. The molecule has 1 heterocycles. The summed E-state index contributed by atoms with van der Waals surface area (Å²) in [5.74, 6) is -1.29. The maximum absolute atomic E-state index is 12.5. The van der Waals surface area contributed by atoms with Gasteiger partial charge in [-0.05, 0) is 30.9 Å². The van der Waals surface area contributed by atoms with Crippen molar-refractivity contribution >= 4 is 22.1 Å². The lowest BCUT2D eigenvalue weighted by Crippen LogP contribution is -2.46. The molecular formula is C16H21NO4S. The van der Waals surface area contributed by atoms with Crippen LogP contribution < -0.4 is 0 Å². The summed E-state index contributed by atoms with van der Waals surface area (Å²) in [5, 5.41) is 10.3. The number of carbonyl (C=O) groups is 1. The molecule has 1 fully saturated rings. The molecule has 22 heavy (non-hydrogen) atoms. The summed E-state index contributed by atoms with van der Waals surface area (Å²) >= 11 is 0. The van der Waals surface area contributed by atoms with E-state index < -0.39 is 21.9 Å². The maximum Gasteiger partial charge on any atom is 0.306 e. The van der Waals surface area contributed by atoms with Gasteiger partial charge in [0.2, 0.25) is 10.0 Å². The van der Waals surface area contributed by atoms with E-state index in [4.69, 9.17) is 5.11 Å². The Morgan fingerprint density at radius 3 is 2.64 bits per heavy atom. The zero-order valence-electron chi connectivity index (χ0n) is 12.6. The van der Waals surface area contributed by atoms with E-state index in [1.807, 2.05) is 37.3 Å². The van der Waals surface area contributed by atoms with Gasteiger partial charge in [-0.25, -0.2) is 8.42 Å². The molecule has 1 saturated heterocycles. The van der Waals surface area contributed by atoms with E-state index in [0.717, 1.165) is 5.56 Å². The number of piperidine rings is 1. The van der Waals surface area contributed by atoms with Gasteiger partial charge in [-0.3, -0.25) is 4.79 Å². The third-order valence-corrected chi connectivity index (χ3v) is 5.66. The zero-order chi connectivity index (χ0) is 16.2. The van der Waals surface area contributed by atoms with E-state index in [9.17, 15) is 13.2 Å². The summed E-state index contributed by atoms with van der Waals surface area (Å²) in [4.78, 5) is 11.1. The third kappa shape index (κ3) is 3.96. The molecule has 0 radical (unpaired) electrons. The Labute approximate surface area is 131 Å². The van der Waals surface area contributed by atoms with Gasteiger partial charge in [-0.2, -0.15) is 4.31 Å². The van der Waals surface area contributed by atoms with E-state index >= 15 is 0 Å². The van der Waals surface area contributed by atoms with E-state index in [0.29, 0.717) is 19.3 Å². The van der Waals surface area contributed by atoms with Gasteiger partial charge >= 0.3 is 5.97 Å². The predicted octanol–water partition coefficient (Wildman–Crippen LogP) is 2.56. The Morgan fingerprint density at radius 1 is 1.36 bits per heavy atom. The topological polar surface area (TPSA) is 74.7 Å². The molecule has 6 heteroatoms. The molecule has 0 saturated carbocycles. The highest BCUT2D eigenvalue weighted by Gasteiger charge is 2.36. The van der Waals surface area contributed by atoms with E-state index in [-0.39, 0.29) is 12.6 Å². The molecule has 0 aliphatic carbocycles. The third-order valence-electron chi connectivity index (χ3n) is 4.04. The summed E-state index contributed by atoms with van der Waals surface area (Å²) in [6.45, 7) is 2.15. The van der Waals surface area contributed by atoms with Crippen LogP contribution in [0.25, 0.3) is 6.08 Å². The molecule has 2 unspecified atom stereocenters. The number of aliphatic carboxylic acids is 1. The Morgan fingerprint density at radius 2 is 2.05 bits per heavy atom. The van der Waals surface area contributed by atoms with Gasteiger partial charge in [0, 0.05) is 18.0 Å². The fourth-order valence-corrected chi connectivity index (χ4v) is 4.26. The molecule has 2 atom stereocenters. The summed E-state index contributed by atoms with van der Waals surface area (Å²) in [6, 6.07) is 8.98. The first-order valence-corrected chi connectivity index (χ1v) is 8.92. The summed E-state index contributed by atoms with van der Waals surface area (Å²) in [7, 11) is -3.53. The van der Waals surface area contributed by atoms with Crippen LogP contribution in [0.15, 0.2) is 35.7 Å². The molecule has 0 aromatic heterocycles. The highest BCUT2D eigenvalue weighted by atomic mass is 32.2. The first kappa shape index (κ1) is 16.7. The van der Waals surface area contributed by atoms with Crippen molar-refractivity contribution < 1.29 is 18.3 Å². The molecule has 1 N–H and O–H groups in total. The van der Waals surface area contributed by atoms with Gasteiger partial charge in [-0.15, -0.1) is 0 Å². The standard InChI is InChI=1S/C16H21NO4S/c1-2-15-12-14(16(18)19)8-10-17(15)22(20,21)11-9-13-6-4-3-5-7-13/h3-7,9,11,14-15H,2,8,10,12H2,1H3,(H,18,19)/b11-9+. The molecule has 1 aliphatic rings. The summed E-state index contributed by atoms with van der Waals surface area (Å²) < 4.78 is 26.4. The number of sulfonamides is 1. The number of nitrogens with zero attached hydrogens (tertiary/aromatic N) is 1. The minimum absolute atomic E-state index is 0.250. The fraction of sp³-hybridized carbons (Fsp3) is 0.438. The number of rotatable bonds is 5. The van der Waals surface area contributed by atoms with E-state index in [1.165, 1.54) is 9.71 Å². The maximum atomic E-state index is 12.5. The monoisotopic (exact) mass is 323 g/mol. The van der Waals surface area contributed by atoms with Crippen LogP contribution in [0.3, 0.4) is 0 Å². The van der Waals surface area contributed by atoms with E-state index in [1.54, 1.807) is 6.08 Å². The SMILES string of the molecule is CCC1CC(C(=O)O)CCN1S(=O)(=O)/C=C/c1ccccc1. The first-order valence-electron chi connectivity index (χ1n) is 7.42. The van der Waals surface area contributed by atoms with Crippen LogP contribution in [-0.2, 0) is 14.8 Å². The average molecular weight is 323 g/mol. The minimum Gasteiger partial charge on any atom is -0.481 e. The van der Waals surface area contributed by atoms with Crippen LogP contribution in [0, 0.1) is 5.92 Å². The smallest absolute Gasteiger partial charge is 0.306 e. The fourth-order valence-electron chi connectivity index (χ4n) is 2.77. The van der Waals surface area contributed by atoms with Crippen molar-refractivity contribution in [1.82, 2.24) is 4.31 Å². The number of hydrogen-bond donors (Lipinski definition) is 1. The highest BCUT2D eigenvalue weighted by molar-refractivity contribution is 7.92. The van der Waals surface area contributed by atoms with Crippen molar-refractivity contribution in [2.75, 3.05) is 6.54 Å². The Hall–Kier alpha value is -1.66. The number of carboxylic acid groups (broad SMARTS) is 1. The van der Waals surface area contributed by atoms with Crippen molar-refractivity contribution in [2.45, 2.75) is 32.2 Å². The van der Waals surface area contributed by atoms with Crippen LogP contribution in [0.4, 0.5) is 0 Å². The Balaban J connectivity index is 2.15. The molecule has 5 nitrogen and oxygen atoms in total. The lowest BCUT2D eigenvalue weighted by Gasteiger charge is -2.36. The molecule has 120 valence electrons. The Kier molecular flexibility index (Phi) is 5.37. The molecule has 1 aromatic carbocycles. The second-order valence-electron chi connectivity index (χ2n) is 5.49. The summed E-state index contributed by atoms with van der Waals surface area (Å²) in [6.07, 6.45) is 2.93. The zero-order valence-corrected chi connectivity index (χ0v) is 13.4. The number of benzene rings is 1. The normalized spacial score (nSPS) is 23.7. The van der Waals surface area contributed by atoms with Crippen LogP contribution in [0.2, 0.25) is 0 Å². The Bertz CT molecular complexity index is 639. The van der Waals surface area contributed by atoms with E-state index in [2.05, 4.69) is 0 Å². The minimum atomic E-state index is -3.53. The largest absolute Gasteiger partial charge is 0.481 e. The van der Waals surface area contributed by atoms with Gasteiger partial charge in [0.25, 0.3) is 0 Å². The second kappa shape index (κ2) is 7.07. The van der Waals surface area contributed by atoms with Crippen molar-refractivity contribution in [3.05, 3.63) is 41.3 Å². The van der Waals surface area contributed by atoms with Crippen molar-refractivity contribution in [3.8, 4) is 0 Å². The molecule has 1 aromatic rings. The average Bonchev–Trinajstić information content (AvgIpc) is 2.53. The van der Waals surface area contributed by atoms with Gasteiger partial charge in [-0.1, -0.05) is 37.3 Å². The van der Waals surface area contributed by atoms with Crippen LogP contribution in [0.5, 0.6) is 0 Å². The van der Waals surface area contributed by atoms with Gasteiger partial charge in [0.05, 0.1) is 5.92 Å². The summed E-state index contributed by atoms with van der Waals surface area (Å²) in [5.41, 5.74) is 0.819. The number of hydrogen-bond acceptors (Lipinski definition) is 3. The van der Waals surface area contributed by atoms with Gasteiger partial charge < -0.3 is 5.11 Å². The quantitative estimate of drug-likeness (QED) is 0.903. The van der Waals surface area contributed by atoms with Gasteiger partial charge in [0.1, 0.15) is 0 Å². The van der Waals surface area contributed by atoms with Crippen molar-refractivity contribution in [1.29, 1.82) is 0 Å². The molecule has 0 amide bonds. The number of carboxylic acids is 1. The molecule has 0 bridgehead atoms. The molecule has 2 rings (SSSR count). The van der Waals surface area contributed by atoms with Crippen molar-refractivity contribution in [3.63, 3.8) is 0 Å². The first-order chi connectivity index (χ1) is 10.4. The highest BCUT2D eigenvalue weighted by Crippen LogP contribution is 2.28. The molecular weight excluding hydrogens is 302 g/mol. The lowest BCUT2D eigenvalue weighted by molar-refractivity contribution is -0.143. The molecule has 1 aliphatic heterocycles. The molecule has 0 spiro atoms. The van der Waals surface area contributed by atoms with Crippen LogP contribution in [-0.4, -0.2) is 36.4 Å². The van der Waals surface area contributed by atoms with Crippen molar-refractivity contribution in [2.24, 2.45) is 5.92 Å².